The third-order valence-electron chi connectivity index (χ3n) is 6.48. The molecule has 0 N–H and O–H groups in total. The summed E-state index contributed by atoms with van der Waals surface area (Å²) in [6.07, 6.45) is 11.4. The quantitative estimate of drug-likeness (QED) is 0.279. The zero-order valence-corrected chi connectivity index (χ0v) is 26.7. The third-order valence-corrected chi connectivity index (χ3v) is 11.1. The molecule has 0 bridgehead atoms. The van der Waals surface area contributed by atoms with Crippen LogP contribution in [0.5, 0.6) is 5.75 Å². The summed E-state index contributed by atoms with van der Waals surface area (Å²) in [5.41, 5.74) is 5.25. The minimum atomic E-state index is -1.75. The van der Waals surface area contributed by atoms with E-state index in [1.165, 1.54) is 54.4 Å². The number of halogens is 2. The molecule has 1 radical (unpaired) electrons. The van der Waals surface area contributed by atoms with E-state index >= 15 is 0 Å². The van der Waals surface area contributed by atoms with Gasteiger partial charge in [0.25, 0.3) is 0 Å². The summed E-state index contributed by atoms with van der Waals surface area (Å²) in [6.45, 7) is 21.0. The van der Waals surface area contributed by atoms with Gasteiger partial charge in [0.2, 0.25) is 8.32 Å². The van der Waals surface area contributed by atoms with E-state index in [4.69, 9.17) is 4.43 Å². The molecule has 33 heavy (non-hydrogen) atoms. The fraction of sp³-hybridized carbons (Fsp3) is 0.333. The Balaban J connectivity index is 0.00000181. The molecule has 4 rings (SSSR count). The van der Waals surface area contributed by atoms with Gasteiger partial charge in [0.05, 0.1) is 13.8 Å². The second kappa shape index (κ2) is 11.0. The molecule has 2 aromatic carbocycles. The minimum Gasteiger partial charge on any atom is -1.00 e. The van der Waals surface area contributed by atoms with Gasteiger partial charge < -0.3 is 29.2 Å². The van der Waals surface area contributed by atoms with E-state index in [2.05, 4.69) is 95.7 Å². The maximum atomic E-state index is 6.61. The minimum absolute atomic E-state index is 0. The zero-order valence-electron chi connectivity index (χ0n) is 20.7. The smallest absolute Gasteiger partial charge is 1.00 e. The molecule has 0 spiro atoms. The van der Waals surface area contributed by atoms with Crippen molar-refractivity contribution < 1.29 is 55.4 Å². The maximum absolute atomic E-state index is 6.61. The Morgan fingerprint density at radius 3 is 2.27 bits per heavy atom. The SMILES string of the molecule is C=c1c(C)c([Si](C)(C)CC)c2c(c1C1=CC=CC1)[C-]=c1cccc(O[Si](C)(C)C)c1=2.[Cl-].[Cl-].[Zr+3]. The molecule has 0 aromatic heterocycles. The van der Waals surface area contributed by atoms with Gasteiger partial charge in [0.1, 0.15) is 0 Å². The van der Waals surface area contributed by atoms with Crippen molar-refractivity contribution in [2.24, 2.45) is 0 Å². The molecule has 0 heterocycles. The second-order valence-electron chi connectivity index (χ2n) is 10.2. The second-order valence-corrected chi connectivity index (χ2v) is 19.6. The van der Waals surface area contributed by atoms with E-state index in [1.807, 2.05) is 0 Å². The fourth-order valence-corrected chi connectivity index (χ4v) is 8.03. The van der Waals surface area contributed by atoms with Crippen molar-refractivity contribution in [3.05, 3.63) is 74.0 Å². The first-order chi connectivity index (χ1) is 14.0. The summed E-state index contributed by atoms with van der Waals surface area (Å²) in [5, 5.41) is 6.53. The molecule has 0 amide bonds. The van der Waals surface area contributed by atoms with Crippen molar-refractivity contribution in [2.45, 2.75) is 59.0 Å². The van der Waals surface area contributed by atoms with Gasteiger partial charge in [-0.1, -0.05) is 89.3 Å². The van der Waals surface area contributed by atoms with E-state index in [-0.39, 0.29) is 51.0 Å². The van der Waals surface area contributed by atoms with E-state index < -0.39 is 16.4 Å². The van der Waals surface area contributed by atoms with Crippen LogP contribution in [-0.2, 0) is 26.2 Å². The van der Waals surface area contributed by atoms with Crippen LogP contribution in [0.3, 0.4) is 0 Å². The van der Waals surface area contributed by atoms with Crippen LogP contribution in [0.25, 0.3) is 18.2 Å². The molecule has 6 heteroatoms. The summed E-state index contributed by atoms with van der Waals surface area (Å²) in [4.78, 5) is 0. The number of allylic oxidation sites excluding steroid dienone is 4. The monoisotopic (exact) mass is 589 g/mol. The van der Waals surface area contributed by atoms with Gasteiger partial charge in [0, 0.05) is 0 Å². The van der Waals surface area contributed by atoms with Gasteiger partial charge in [-0.25, -0.2) is 0 Å². The van der Waals surface area contributed by atoms with Crippen LogP contribution in [-0.4, -0.2) is 16.4 Å². The predicted molar refractivity (Wildman–Crippen MR) is 136 cm³/mol. The van der Waals surface area contributed by atoms with Crippen LogP contribution in [0, 0.1) is 17.4 Å². The topological polar surface area (TPSA) is 9.23 Å². The molecule has 0 unspecified atom stereocenters. The van der Waals surface area contributed by atoms with Crippen LogP contribution < -0.4 is 44.9 Å². The Labute approximate surface area is 232 Å². The summed E-state index contributed by atoms with van der Waals surface area (Å²) < 4.78 is 6.61. The largest absolute Gasteiger partial charge is 3.00 e. The summed E-state index contributed by atoms with van der Waals surface area (Å²) in [6, 6.07) is 7.67. The van der Waals surface area contributed by atoms with Gasteiger partial charge >= 0.3 is 26.2 Å². The molecular formula is C27H33Cl2OSi2Zr. The molecule has 0 fully saturated rings. The van der Waals surface area contributed by atoms with Gasteiger partial charge in [0.15, 0.2) is 0 Å². The molecule has 1 nitrogen and oxygen atoms in total. The predicted octanol–water partition coefficient (Wildman–Crippen LogP) is -0.791. The molecule has 0 saturated heterocycles. The van der Waals surface area contributed by atoms with E-state index in [0.29, 0.717) is 0 Å². The van der Waals surface area contributed by atoms with E-state index in [1.54, 1.807) is 0 Å². The Morgan fingerprint density at radius 2 is 1.73 bits per heavy atom. The van der Waals surface area contributed by atoms with Crippen LogP contribution in [0.15, 0.2) is 36.4 Å². The number of hydrogen-bond acceptors (Lipinski definition) is 1. The Morgan fingerprint density at radius 1 is 1.06 bits per heavy atom. The van der Waals surface area contributed by atoms with E-state index in [0.717, 1.165) is 12.2 Å². The number of benzene rings is 2. The number of rotatable bonds is 5. The van der Waals surface area contributed by atoms with Crippen molar-refractivity contribution in [2.75, 3.05) is 0 Å². The molecule has 0 atom stereocenters. The van der Waals surface area contributed by atoms with Crippen molar-refractivity contribution in [1.29, 1.82) is 0 Å². The maximum Gasteiger partial charge on any atom is 3.00 e. The van der Waals surface area contributed by atoms with Crippen LogP contribution >= 0.6 is 0 Å². The molecule has 2 aromatic rings. The molecule has 0 saturated carbocycles. The summed E-state index contributed by atoms with van der Waals surface area (Å²) in [7, 11) is -3.41. The first-order valence-electron chi connectivity index (χ1n) is 11.0. The van der Waals surface area contributed by atoms with Crippen molar-refractivity contribution in [1.82, 2.24) is 0 Å². The zero-order chi connectivity index (χ0) is 21.8. The third kappa shape index (κ3) is 5.46. The first-order valence-corrected chi connectivity index (χ1v) is 17.6. The van der Waals surface area contributed by atoms with Crippen LogP contribution in [0.4, 0.5) is 0 Å². The normalized spacial score (nSPS) is 13.6. The fourth-order valence-electron chi connectivity index (χ4n) is 4.75. The van der Waals surface area contributed by atoms with Gasteiger partial charge in [-0.15, -0.1) is 28.1 Å². The molecule has 0 aliphatic heterocycles. The van der Waals surface area contributed by atoms with Crippen molar-refractivity contribution >= 4 is 39.8 Å². The first kappa shape index (κ1) is 30.4. The Kier molecular flexibility index (Phi) is 10.1. The molecular weight excluding hydrogens is 559 g/mol. The van der Waals surface area contributed by atoms with E-state index in [9.17, 15) is 0 Å². The molecule has 2 aliphatic carbocycles. The van der Waals surface area contributed by atoms with Crippen molar-refractivity contribution in [3.8, 4) is 5.75 Å². The molecule has 2 aliphatic rings. The van der Waals surface area contributed by atoms with Gasteiger partial charge in [-0.3, -0.25) is 0 Å². The van der Waals surface area contributed by atoms with Gasteiger partial charge in [-0.05, 0) is 39.1 Å². The Bertz CT molecular complexity index is 1320. The summed E-state index contributed by atoms with van der Waals surface area (Å²) >= 11 is 0. The number of fused-ring (bicyclic) bond motifs is 2. The Hall–Kier alpha value is -0.643. The average Bonchev–Trinajstić information content (AvgIpc) is 3.30. The summed E-state index contributed by atoms with van der Waals surface area (Å²) in [5.74, 6) is 1.03. The van der Waals surface area contributed by atoms with Gasteiger partial charge in [-0.2, -0.15) is 0 Å². The number of hydrogen-bond donors (Lipinski definition) is 0. The van der Waals surface area contributed by atoms with Crippen LogP contribution in [0.2, 0.25) is 38.8 Å². The van der Waals surface area contributed by atoms with Crippen molar-refractivity contribution in [3.63, 3.8) is 0 Å². The average molecular weight is 592 g/mol. The van der Waals surface area contributed by atoms with Crippen LogP contribution in [0.1, 0.15) is 30.0 Å². The molecule has 173 valence electrons. The standard InChI is InChI=1S/C27H33OSi2.2ClH.Zr/c1-9-30(7,8)27-19(3)18(2)24(20-13-10-11-14-20)22-17-21-15-12-16-23(25(21)26(22)27)28-29(4,5)6;;;/h10-13,15-16H,2,9,14H2,1,3-8H3;2*1H;/q-1;;;+3/p-2.